The van der Waals surface area contributed by atoms with E-state index < -0.39 is 0 Å². The van der Waals surface area contributed by atoms with Crippen molar-refractivity contribution >= 4 is 16.9 Å². The molecule has 4 rings (SSSR count). The predicted molar refractivity (Wildman–Crippen MR) is 111 cm³/mol. The van der Waals surface area contributed by atoms with Crippen molar-refractivity contribution in [3.63, 3.8) is 0 Å². The lowest BCUT2D eigenvalue weighted by atomic mass is 10.0. The van der Waals surface area contributed by atoms with Crippen molar-refractivity contribution in [2.24, 2.45) is 0 Å². The first-order valence-electron chi connectivity index (χ1n) is 9.97. The van der Waals surface area contributed by atoms with Crippen LogP contribution in [0, 0.1) is 0 Å². The summed E-state index contributed by atoms with van der Waals surface area (Å²) >= 11 is 0. The molecule has 1 amide bonds. The molecule has 0 radical (unpaired) electrons. The Balaban J connectivity index is 1.50. The zero-order valence-corrected chi connectivity index (χ0v) is 16.8. The first kappa shape index (κ1) is 18.6. The van der Waals surface area contributed by atoms with Gasteiger partial charge in [0.15, 0.2) is 0 Å². The van der Waals surface area contributed by atoms with Crippen LogP contribution in [0.15, 0.2) is 53.1 Å². The number of amides is 1. The van der Waals surface area contributed by atoms with Crippen LogP contribution in [0.5, 0.6) is 5.75 Å². The molecule has 0 aliphatic heterocycles. The van der Waals surface area contributed by atoms with Crippen LogP contribution in [0.4, 0.5) is 0 Å². The van der Waals surface area contributed by atoms with Crippen LogP contribution in [0.25, 0.3) is 11.0 Å². The van der Waals surface area contributed by atoms with E-state index in [0.29, 0.717) is 24.9 Å². The van der Waals surface area contributed by atoms with Gasteiger partial charge in [0.05, 0.1) is 19.8 Å². The van der Waals surface area contributed by atoms with Crippen molar-refractivity contribution < 1.29 is 13.9 Å². The number of fused-ring (bicyclic) bond motifs is 1. The summed E-state index contributed by atoms with van der Waals surface area (Å²) in [7, 11) is 1.63. The van der Waals surface area contributed by atoms with Gasteiger partial charge >= 0.3 is 0 Å². The Morgan fingerprint density at radius 2 is 1.93 bits per heavy atom. The number of benzene rings is 2. The molecule has 1 saturated carbocycles. The van der Waals surface area contributed by atoms with Crippen LogP contribution in [-0.4, -0.2) is 24.0 Å². The minimum Gasteiger partial charge on any atom is -0.497 e. The number of methoxy groups -OCH3 is 1. The minimum absolute atomic E-state index is 0.161. The molecule has 0 atom stereocenters. The van der Waals surface area contributed by atoms with Crippen molar-refractivity contribution in [3.8, 4) is 5.75 Å². The van der Waals surface area contributed by atoms with Crippen LogP contribution < -0.4 is 4.74 Å². The van der Waals surface area contributed by atoms with Crippen LogP contribution in [0.3, 0.4) is 0 Å². The third kappa shape index (κ3) is 3.91. The zero-order valence-electron chi connectivity index (χ0n) is 16.8. The van der Waals surface area contributed by atoms with Gasteiger partial charge in [0.1, 0.15) is 11.3 Å². The SMILES string of the molecule is COc1ccc2c(CC(=O)N(Cc3ccc(C(C)C)cc3)C3CC3)coc2c1. The molecule has 0 N–H and O–H groups in total. The molecule has 1 aromatic heterocycles. The van der Waals surface area contributed by atoms with Crippen molar-refractivity contribution in [2.75, 3.05) is 7.11 Å². The molecular weight excluding hydrogens is 350 g/mol. The van der Waals surface area contributed by atoms with Crippen molar-refractivity contribution in [1.82, 2.24) is 4.90 Å². The summed E-state index contributed by atoms with van der Waals surface area (Å²) in [4.78, 5) is 15.1. The molecule has 1 fully saturated rings. The quantitative estimate of drug-likeness (QED) is 0.561. The second-order valence-electron chi connectivity index (χ2n) is 7.95. The number of furan rings is 1. The Kier molecular flexibility index (Phi) is 5.12. The van der Waals surface area contributed by atoms with Gasteiger partial charge in [-0.2, -0.15) is 0 Å². The third-order valence-electron chi connectivity index (χ3n) is 5.51. The lowest BCUT2D eigenvalue weighted by Gasteiger charge is -2.23. The number of rotatable bonds is 7. The molecule has 1 aliphatic carbocycles. The van der Waals surface area contributed by atoms with E-state index in [4.69, 9.17) is 9.15 Å². The van der Waals surface area contributed by atoms with E-state index in [9.17, 15) is 4.79 Å². The minimum atomic E-state index is 0.161. The second kappa shape index (κ2) is 7.70. The van der Waals surface area contributed by atoms with E-state index in [2.05, 4.69) is 38.1 Å². The van der Waals surface area contributed by atoms with E-state index in [1.165, 1.54) is 11.1 Å². The molecule has 1 aliphatic rings. The second-order valence-corrected chi connectivity index (χ2v) is 7.95. The molecule has 0 saturated heterocycles. The van der Waals surface area contributed by atoms with Gasteiger partial charge in [-0.3, -0.25) is 4.79 Å². The van der Waals surface area contributed by atoms with E-state index in [-0.39, 0.29) is 5.91 Å². The van der Waals surface area contributed by atoms with Crippen LogP contribution >= 0.6 is 0 Å². The van der Waals surface area contributed by atoms with Crippen LogP contribution in [-0.2, 0) is 17.8 Å². The summed E-state index contributed by atoms with van der Waals surface area (Å²) in [6, 6.07) is 14.7. The van der Waals surface area contributed by atoms with Gasteiger partial charge in [-0.05, 0) is 42.0 Å². The van der Waals surface area contributed by atoms with E-state index in [1.54, 1.807) is 13.4 Å². The van der Waals surface area contributed by atoms with Crippen molar-refractivity contribution in [1.29, 1.82) is 0 Å². The molecule has 0 unspecified atom stereocenters. The van der Waals surface area contributed by atoms with Crippen molar-refractivity contribution in [2.45, 2.75) is 51.6 Å². The molecule has 4 heteroatoms. The maximum Gasteiger partial charge on any atom is 0.227 e. The van der Waals surface area contributed by atoms with Gasteiger partial charge in [-0.25, -0.2) is 0 Å². The van der Waals surface area contributed by atoms with Crippen LogP contribution in [0.1, 0.15) is 49.3 Å². The molecule has 146 valence electrons. The van der Waals surface area contributed by atoms with Gasteiger partial charge in [-0.15, -0.1) is 0 Å². The highest BCUT2D eigenvalue weighted by Crippen LogP contribution is 2.31. The lowest BCUT2D eigenvalue weighted by Crippen LogP contribution is -2.33. The first-order chi connectivity index (χ1) is 13.5. The number of carbonyl (C=O) groups is 1. The first-order valence-corrected chi connectivity index (χ1v) is 9.97. The van der Waals surface area contributed by atoms with Gasteiger partial charge in [0, 0.05) is 29.6 Å². The summed E-state index contributed by atoms with van der Waals surface area (Å²) in [6.45, 7) is 5.06. The maximum absolute atomic E-state index is 13.1. The topological polar surface area (TPSA) is 42.7 Å². The lowest BCUT2D eigenvalue weighted by molar-refractivity contribution is -0.131. The fourth-order valence-corrected chi connectivity index (χ4v) is 3.60. The molecule has 1 heterocycles. The largest absolute Gasteiger partial charge is 0.497 e. The Morgan fingerprint density at radius 3 is 2.57 bits per heavy atom. The molecule has 0 spiro atoms. The van der Waals surface area contributed by atoms with Gasteiger partial charge in [-0.1, -0.05) is 38.1 Å². The smallest absolute Gasteiger partial charge is 0.227 e. The van der Waals surface area contributed by atoms with E-state index >= 15 is 0 Å². The molecule has 2 aromatic carbocycles. The average Bonchev–Trinajstić information content (AvgIpc) is 3.47. The van der Waals surface area contributed by atoms with Gasteiger partial charge in [0.25, 0.3) is 0 Å². The number of hydrogen-bond donors (Lipinski definition) is 0. The highest BCUT2D eigenvalue weighted by atomic mass is 16.5. The zero-order chi connectivity index (χ0) is 19.7. The summed E-state index contributed by atoms with van der Waals surface area (Å²) < 4.78 is 10.9. The predicted octanol–water partition coefficient (Wildman–Crippen LogP) is 5.30. The van der Waals surface area contributed by atoms with Crippen LogP contribution in [0.2, 0.25) is 0 Å². The summed E-state index contributed by atoms with van der Waals surface area (Å²) in [6.07, 6.45) is 4.25. The highest BCUT2D eigenvalue weighted by molar-refractivity contribution is 5.88. The van der Waals surface area contributed by atoms with Gasteiger partial charge in [0.2, 0.25) is 5.91 Å². The standard InChI is InChI=1S/C24H27NO3/c1-16(2)18-6-4-17(5-7-18)14-25(20-8-9-20)24(26)12-19-15-28-23-13-21(27-3)10-11-22(19)23/h4-7,10-11,13,15-16,20H,8-9,12,14H2,1-3H3. The molecule has 4 nitrogen and oxygen atoms in total. The van der Waals surface area contributed by atoms with Crippen molar-refractivity contribution in [3.05, 3.63) is 65.4 Å². The Bertz CT molecular complexity index is 967. The normalized spacial score (nSPS) is 13.9. The third-order valence-corrected chi connectivity index (χ3v) is 5.51. The Hall–Kier alpha value is -2.75. The highest BCUT2D eigenvalue weighted by Gasteiger charge is 2.32. The summed E-state index contributed by atoms with van der Waals surface area (Å²) in [5.41, 5.74) is 4.20. The molecule has 28 heavy (non-hydrogen) atoms. The van der Waals surface area contributed by atoms with Gasteiger partial charge < -0.3 is 14.1 Å². The van der Waals surface area contributed by atoms with E-state index in [0.717, 1.165) is 35.1 Å². The molecular formula is C24H27NO3. The maximum atomic E-state index is 13.1. The Morgan fingerprint density at radius 1 is 1.18 bits per heavy atom. The average molecular weight is 377 g/mol. The molecule has 0 bridgehead atoms. The fraction of sp³-hybridized carbons (Fsp3) is 0.375. The number of ether oxygens (including phenoxy) is 1. The number of hydrogen-bond acceptors (Lipinski definition) is 3. The number of carbonyl (C=O) groups excluding carboxylic acids is 1. The monoisotopic (exact) mass is 377 g/mol. The fourth-order valence-electron chi connectivity index (χ4n) is 3.60. The summed E-state index contributed by atoms with van der Waals surface area (Å²) in [5.74, 6) is 1.43. The van der Waals surface area contributed by atoms with E-state index in [1.807, 2.05) is 23.1 Å². The Labute approximate surface area is 166 Å². The number of nitrogens with zero attached hydrogens (tertiary/aromatic N) is 1. The molecule has 3 aromatic rings. The summed E-state index contributed by atoms with van der Waals surface area (Å²) in [5, 5.41) is 0.978.